The third kappa shape index (κ3) is 1.59. The molecule has 1 aromatic carbocycles. The third-order valence-corrected chi connectivity index (χ3v) is 3.91. The summed E-state index contributed by atoms with van der Waals surface area (Å²) in [6, 6.07) is 6.16. The van der Waals surface area contributed by atoms with Crippen LogP contribution in [0.5, 0.6) is 0 Å². The number of halogens is 2. The molecule has 1 aromatic heterocycles. The molecule has 0 aliphatic carbocycles. The first-order chi connectivity index (χ1) is 6.76. The van der Waals surface area contributed by atoms with Crippen molar-refractivity contribution in [3.8, 4) is 0 Å². The minimum atomic E-state index is -0.0647. The van der Waals surface area contributed by atoms with Crippen molar-refractivity contribution in [1.29, 1.82) is 0 Å². The van der Waals surface area contributed by atoms with Gasteiger partial charge in [0.2, 0.25) is 0 Å². The number of rotatable bonds is 2. The van der Waals surface area contributed by atoms with E-state index < -0.39 is 0 Å². The zero-order valence-corrected chi connectivity index (χ0v) is 10.2. The maximum atomic E-state index is 13.4. The van der Waals surface area contributed by atoms with Crippen molar-refractivity contribution < 1.29 is 4.39 Å². The van der Waals surface area contributed by atoms with Crippen LogP contribution in [-0.2, 0) is 11.8 Å². The standard InChI is InChI=1S/C11H10BrFS/c1-2-7-3-4-10-8(5-7)9(6-12)11(13)14-10/h3-5H,2,6H2,1H3. The highest BCUT2D eigenvalue weighted by molar-refractivity contribution is 9.08. The Morgan fingerprint density at radius 2 is 2.21 bits per heavy atom. The van der Waals surface area contributed by atoms with Crippen LogP contribution >= 0.6 is 27.3 Å². The van der Waals surface area contributed by atoms with Gasteiger partial charge in [-0.2, -0.15) is 4.39 Å². The van der Waals surface area contributed by atoms with Crippen LogP contribution < -0.4 is 0 Å². The van der Waals surface area contributed by atoms with E-state index in [1.165, 1.54) is 16.9 Å². The number of alkyl halides is 1. The normalized spacial score (nSPS) is 11.1. The SMILES string of the molecule is CCc1ccc2sc(F)c(CBr)c2c1. The Morgan fingerprint density at radius 1 is 1.43 bits per heavy atom. The zero-order chi connectivity index (χ0) is 10.1. The van der Waals surface area contributed by atoms with Gasteiger partial charge in [0.1, 0.15) is 0 Å². The number of benzene rings is 1. The second kappa shape index (κ2) is 3.99. The molecule has 0 atom stereocenters. The first-order valence-corrected chi connectivity index (χ1v) is 6.45. The van der Waals surface area contributed by atoms with Crippen molar-refractivity contribution in [3.05, 3.63) is 34.5 Å². The average molecular weight is 273 g/mol. The molecule has 2 rings (SSSR count). The summed E-state index contributed by atoms with van der Waals surface area (Å²) in [4.78, 5) is 0. The molecule has 14 heavy (non-hydrogen) atoms. The van der Waals surface area contributed by atoms with Gasteiger partial charge in [-0.3, -0.25) is 0 Å². The molecule has 0 amide bonds. The molecule has 0 bridgehead atoms. The van der Waals surface area contributed by atoms with Gasteiger partial charge in [-0.05, 0) is 29.5 Å². The fourth-order valence-corrected chi connectivity index (χ4v) is 3.17. The van der Waals surface area contributed by atoms with Gasteiger partial charge in [0, 0.05) is 15.6 Å². The van der Waals surface area contributed by atoms with Crippen LogP contribution in [0, 0.1) is 5.13 Å². The number of aryl methyl sites for hydroxylation is 1. The summed E-state index contributed by atoms with van der Waals surface area (Å²) in [5, 5.41) is 1.58. The van der Waals surface area contributed by atoms with Crippen LogP contribution in [0.1, 0.15) is 18.1 Å². The highest BCUT2D eigenvalue weighted by atomic mass is 79.9. The summed E-state index contributed by atoms with van der Waals surface area (Å²) in [6.45, 7) is 2.11. The van der Waals surface area contributed by atoms with Gasteiger partial charge < -0.3 is 0 Å². The van der Waals surface area contributed by atoms with E-state index >= 15 is 0 Å². The minimum absolute atomic E-state index is 0.0647. The molecule has 0 nitrogen and oxygen atoms in total. The first kappa shape index (κ1) is 10.1. The predicted molar refractivity (Wildman–Crippen MR) is 63.8 cm³/mol. The molecule has 0 saturated heterocycles. The van der Waals surface area contributed by atoms with Gasteiger partial charge in [0.15, 0.2) is 5.13 Å². The van der Waals surface area contributed by atoms with Gasteiger partial charge in [0.05, 0.1) is 0 Å². The minimum Gasteiger partial charge on any atom is -0.195 e. The molecule has 74 valence electrons. The highest BCUT2D eigenvalue weighted by Crippen LogP contribution is 2.32. The van der Waals surface area contributed by atoms with Crippen molar-refractivity contribution >= 4 is 37.4 Å². The Balaban J connectivity index is 2.71. The molecule has 0 fully saturated rings. The van der Waals surface area contributed by atoms with Gasteiger partial charge in [0.25, 0.3) is 0 Å². The maximum absolute atomic E-state index is 13.4. The Morgan fingerprint density at radius 3 is 2.86 bits per heavy atom. The van der Waals surface area contributed by atoms with Gasteiger partial charge in [-0.15, -0.1) is 11.3 Å². The lowest BCUT2D eigenvalue weighted by atomic mass is 10.1. The predicted octanol–water partition coefficient (Wildman–Crippen LogP) is 4.50. The lowest BCUT2D eigenvalue weighted by Crippen LogP contribution is -1.81. The Kier molecular flexibility index (Phi) is 2.88. The first-order valence-electron chi connectivity index (χ1n) is 4.52. The zero-order valence-electron chi connectivity index (χ0n) is 7.81. The molecule has 0 aliphatic rings. The molecule has 3 heteroatoms. The van der Waals surface area contributed by atoms with Crippen molar-refractivity contribution in [2.75, 3.05) is 0 Å². The van der Waals surface area contributed by atoms with E-state index in [-0.39, 0.29) is 5.13 Å². The van der Waals surface area contributed by atoms with Crippen molar-refractivity contribution in [2.45, 2.75) is 18.7 Å². The number of hydrogen-bond donors (Lipinski definition) is 0. The van der Waals surface area contributed by atoms with E-state index in [4.69, 9.17) is 0 Å². The summed E-state index contributed by atoms with van der Waals surface area (Å²) in [5.41, 5.74) is 2.05. The van der Waals surface area contributed by atoms with E-state index in [1.807, 2.05) is 6.07 Å². The monoisotopic (exact) mass is 272 g/mol. The van der Waals surface area contributed by atoms with Crippen LogP contribution in [0.4, 0.5) is 4.39 Å². The summed E-state index contributed by atoms with van der Waals surface area (Å²) < 4.78 is 14.5. The van der Waals surface area contributed by atoms with Crippen LogP contribution in [0.25, 0.3) is 10.1 Å². The Labute approximate surface area is 94.9 Å². The third-order valence-electron chi connectivity index (χ3n) is 2.35. The summed E-state index contributed by atoms with van der Waals surface area (Å²) in [5.74, 6) is 0. The fraction of sp³-hybridized carbons (Fsp3) is 0.273. The lowest BCUT2D eigenvalue weighted by molar-refractivity contribution is 0.649. The molecule has 0 aliphatic heterocycles. The van der Waals surface area contributed by atoms with Crippen molar-refractivity contribution in [3.63, 3.8) is 0 Å². The van der Waals surface area contributed by atoms with Crippen LogP contribution in [0.3, 0.4) is 0 Å². The molecule has 1 heterocycles. The topological polar surface area (TPSA) is 0 Å². The van der Waals surface area contributed by atoms with Gasteiger partial charge >= 0.3 is 0 Å². The molecular weight excluding hydrogens is 263 g/mol. The van der Waals surface area contributed by atoms with Crippen molar-refractivity contribution in [2.24, 2.45) is 0 Å². The Hall–Kier alpha value is -0.410. The van der Waals surface area contributed by atoms with Crippen molar-refractivity contribution in [1.82, 2.24) is 0 Å². The molecule has 0 saturated carbocycles. The van der Waals surface area contributed by atoms with E-state index in [0.29, 0.717) is 5.33 Å². The molecule has 0 radical (unpaired) electrons. The average Bonchev–Trinajstić information content (AvgIpc) is 2.52. The summed E-state index contributed by atoms with van der Waals surface area (Å²) in [7, 11) is 0. The second-order valence-electron chi connectivity index (χ2n) is 3.17. The largest absolute Gasteiger partial charge is 0.195 e. The Bertz CT molecular complexity index is 462. The van der Waals surface area contributed by atoms with E-state index in [1.54, 1.807) is 0 Å². The second-order valence-corrected chi connectivity index (χ2v) is 4.74. The summed E-state index contributed by atoms with van der Waals surface area (Å²) in [6.07, 6.45) is 0.995. The summed E-state index contributed by atoms with van der Waals surface area (Å²) >= 11 is 4.55. The molecule has 0 spiro atoms. The number of hydrogen-bond acceptors (Lipinski definition) is 1. The lowest BCUT2D eigenvalue weighted by Gasteiger charge is -1.97. The number of fused-ring (bicyclic) bond motifs is 1. The van der Waals surface area contributed by atoms with E-state index in [0.717, 1.165) is 22.1 Å². The van der Waals surface area contributed by atoms with E-state index in [9.17, 15) is 4.39 Å². The molecular formula is C11H10BrFS. The smallest absolute Gasteiger partial charge is 0.181 e. The van der Waals surface area contributed by atoms with Crippen LogP contribution in [0.2, 0.25) is 0 Å². The molecule has 0 unspecified atom stereocenters. The van der Waals surface area contributed by atoms with Gasteiger partial charge in [-0.25, -0.2) is 0 Å². The highest BCUT2D eigenvalue weighted by Gasteiger charge is 2.10. The van der Waals surface area contributed by atoms with Gasteiger partial charge in [-0.1, -0.05) is 28.9 Å². The maximum Gasteiger partial charge on any atom is 0.181 e. The molecule has 0 N–H and O–H groups in total. The number of thiophene rings is 1. The van der Waals surface area contributed by atoms with Crippen LogP contribution in [0.15, 0.2) is 18.2 Å². The van der Waals surface area contributed by atoms with E-state index in [2.05, 4.69) is 35.0 Å². The van der Waals surface area contributed by atoms with Crippen LogP contribution in [-0.4, -0.2) is 0 Å². The fourth-order valence-electron chi connectivity index (χ4n) is 1.51. The quantitative estimate of drug-likeness (QED) is 0.707. The molecule has 2 aromatic rings.